The molecule has 0 aliphatic heterocycles. The molecule has 0 radical (unpaired) electrons. The van der Waals surface area contributed by atoms with Crippen molar-refractivity contribution in [2.75, 3.05) is 0 Å². The van der Waals surface area contributed by atoms with Crippen LogP contribution in [0.3, 0.4) is 0 Å². The second-order valence-electron chi connectivity index (χ2n) is 3.03. The van der Waals surface area contributed by atoms with Gasteiger partial charge in [0.15, 0.2) is 0 Å². The van der Waals surface area contributed by atoms with Gasteiger partial charge in [0, 0.05) is 6.42 Å². The van der Waals surface area contributed by atoms with E-state index in [1.165, 1.54) is 0 Å². The number of hydrogen-bond acceptors (Lipinski definition) is 1. The van der Waals surface area contributed by atoms with E-state index in [0.717, 1.165) is 25.5 Å². The van der Waals surface area contributed by atoms with Gasteiger partial charge in [-0.3, -0.25) is 0 Å². The highest BCUT2D eigenvalue weighted by Crippen LogP contribution is 2.03. The van der Waals surface area contributed by atoms with Crippen LogP contribution in [0.5, 0.6) is 0 Å². The van der Waals surface area contributed by atoms with Crippen LogP contribution in [0.1, 0.15) is 32.6 Å². The van der Waals surface area contributed by atoms with E-state index < -0.39 is 0 Å². The van der Waals surface area contributed by atoms with Crippen LogP contribution in [0, 0.1) is 5.92 Å². The van der Waals surface area contributed by atoms with Gasteiger partial charge in [-0.2, -0.15) is 0 Å². The van der Waals surface area contributed by atoms with Gasteiger partial charge < -0.3 is 4.79 Å². The highest BCUT2D eigenvalue weighted by atomic mass is 16.1. The molecule has 0 rings (SSSR count). The van der Waals surface area contributed by atoms with E-state index in [2.05, 4.69) is 25.7 Å². The van der Waals surface area contributed by atoms with Crippen molar-refractivity contribution >= 4 is 6.29 Å². The van der Waals surface area contributed by atoms with E-state index in [0.29, 0.717) is 12.3 Å². The Morgan fingerprint density at radius 1 is 1.42 bits per heavy atom. The lowest BCUT2D eigenvalue weighted by Crippen LogP contribution is -1.89. The highest BCUT2D eigenvalue weighted by molar-refractivity contribution is 5.50. The zero-order valence-electron chi connectivity index (χ0n) is 7.83. The summed E-state index contributed by atoms with van der Waals surface area (Å²) in [6.07, 6.45) is 11.1. The van der Waals surface area contributed by atoms with Crippen LogP contribution < -0.4 is 0 Å². The van der Waals surface area contributed by atoms with Gasteiger partial charge in [0.25, 0.3) is 0 Å². The standard InChI is InChI=1S/C11H18O/c1-3-4-5-6-7-8-11(2)9-10-12/h3,7-8,10-11H,1,4-6,9H2,2H3/b8-7-. The molecule has 0 aromatic carbocycles. The van der Waals surface area contributed by atoms with Crippen molar-refractivity contribution < 1.29 is 4.79 Å². The maximum atomic E-state index is 10.1. The minimum atomic E-state index is 0.395. The van der Waals surface area contributed by atoms with Crippen molar-refractivity contribution in [2.24, 2.45) is 5.92 Å². The molecule has 0 amide bonds. The van der Waals surface area contributed by atoms with E-state index in [4.69, 9.17) is 0 Å². The first-order valence-corrected chi connectivity index (χ1v) is 4.52. The molecule has 1 atom stereocenters. The van der Waals surface area contributed by atoms with Crippen LogP contribution >= 0.6 is 0 Å². The lowest BCUT2D eigenvalue weighted by atomic mass is 10.1. The summed E-state index contributed by atoms with van der Waals surface area (Å²) in [6.45, 7) is 5.71. The largest absolute Gasteiger partial charge is 0.303 e. The first kappa shape index (κ1) is 11.2. The molecule has 0 bridgehead atoms. The van der Waals surface area contributed by atoms with Crippen molar-refractivity contribution in [1.29, 1.82) is 0 Å². The molecule has 0 aromatic heterocycles. The molecule has 0 aliphatic carbocycles. The fourth-order valence-electron chi connectivity index (χ4n) is 0.939. The fourth-order valence-corrected chi connectivity index (χ4v) is 0.939. The monoisotopic (exact) mass is 166 g/mol. The number of aldehydes is 1. The minimum absolute atomic E-state index is 0.395. The van der Waals surface area contributed by atoms with Crippen LogP contribution in [0.25, 0.3) is 0 Å². The summed E-state index contributed by atoms with van der Waals surface area (Å²) in [5.74, 6) is 0.395. The Hall–Kier alpha value is -0.850. The van der Waals surface area contributed by atoms with E-state index in [1.54, 1.807) is 0 Å². The lowest BCUT2D eigenvalue weighted by molar-refractivity contribution is -0.108. The molecule has 0 saturated heterocycles. The van der Waals surface area contributed by atoms with Gasteiger partial charge in [0.2, 0.25) is 0 Å². The Balaban J connectivity index is 3.33. The van der Waals surface area contributed by atoms with Gasteiger partial charge in [-0.1, -0.05) is 25.2 Å². The topological polar surface area (TPSA) is 17.1 Å². The third-order valence-corrected chi connectivity index (χ3v) is 1.71. The molecule has 0 N–H and O–H groups in total. The minimum Gasteiger partial charge on any atom is -0.303 e. The third kappa shape index (κ3) is 7.26. The normalized spacial score (nSPS) is 13.1. The summed E-state index contributed by atoms with van der Waals surface area (Å²) in [4.78, 5) is 10.1. The molecule has 0 aliphatic rings. The smallest absolute Gasteiger partial charge is 0.120 e. The Morgan fingerprint density at radius 3 is 2.75 bits per heavy atom. The summed E-state index contributed by atoms with van der Waals surface area (Å²) >= 11 is 0. The van der Waals surface area contributed by atoms with Crippen molar-refractivity contribution in [2.45, 2.75) is 32.6 Å². The summed E-state index contributed by atoms with van der Waals surface area (Å²) in [6, 6.07) is 0. The van der Waals surface area contributed by atoms with Gasteiger partial charge in [-0.05, 0) is 25.2 Å². The van der Waals surface area contributed by atoms with Gasteiger partial charge in [-0.25, -0.2) is 0 Å². The van der Waals surface area contributed by atoms with Gasteiger partial charge in [-0.15, -0.1) is 6.58 Å². The zero-order chi connectivity index (χ0) is 9.23. The molecule has 0 aromatic rings. The number of allylic oxidation sites excluding steroid dienone is 3. The highest BCUT2D eigenvalue weighted by Gasteiger charge is 1.92. The maximum absolute atomic E-state index is 10.1. The summed E-state index contributed by atoms with van der Waals surface area (Å²) in [5.41, 5.74) is 0. The number of carbonyl (C=O) groups is 1. The van der Waals surface area contributed by atoms with Crippen LogP contribution in [0.2, 0.25) is 0 Å². The molecular formula is C11H18O. The van der Waals surface area contributed by atoms with Crippen LogP contribution in [0.15, 0.2) is 24.8 Å². The Bertz CT molecular complexity index is 147. The first-order valence-electron chi connectivity index (χ1n) is 4.52. The Labute approximate surface area is 75.2 Å². The Kier molecular flexibility index (Phi) is 7.66. The number of rotatable bonds is 7. The molecule has 1 unspecified atom stereocenters. The average molecular weight is 166 g/mol. The fraction of sp³-hybridized carbons (Fsp3) is 0.545. The van der Waals surface area contributed by atoms with Crippen LogP contribution in [0.4, 0.5) is 0 Å². The van der Waals surface area contributed by atoms with Crippen molar-refractivity contribution in [3.05, 3.63) is 24.8 Å². The molecule has 0 heterocycles. The molecular weight excluding hydrogens is 148 g/mol. The van der Waals surface area contributed by atoms with Crippen molar-refractivity contribution in [3.63, 3.8) is 0 Å². The molecule has 0 fully saturated rings. The molecule has 0 spiro atoms. The third-order valence-electron chi connectivity index (χ3n) is 1.71. The predicted octanol–water partition coefficient (Wildman–Crippen LogP) is 3.12. The number of carbonyl (C=O) groups excluding carboxylic acids is 1. The van der Waals surface area contributed by atoms with Crippen molar-refractivity contribution in [1.82, 2.24) is 0 Å². The summed E-state index contributed by atoms with van der Waals surface area (Å²) in [7, 11) is 0. The molecule has 68 valence electrons. The van der Waals surface area contributed by atoms with Gasteiger partial charge >= 0.3 is 0 Å². The zero-order valence-corrected chi connectivity index (χ0v) is 7.83. The molecule has 12 heavy (non-hydrogen) atoms. The lowest BCUT2D eigenvalue weighted by Gasteiger charge is -1.97. The maximum Gasteiger partial charge on any atom is 0.120 e. The number of unbranched alkanes of at least 4 members (excludes halogenated alkanes) is 2. The Morgan fingerprint density at radius 2 is 2.17 bits per heavy atom. The van der Waals surface area contributed by atoms with E-state index in [1.807, 2.05) is 6.08 Å². The van der Waals surface area contributed by atoms with Gasteiger partial charge in [0.05, 0.1) is 0 Å². The van der Waals surface area contributed by atoms with E-state index in [9.17, 15) is 4.79 Å². The van der Waals surface area contributed by atoms with E-state index in [-0.39, 0.29) is 0 Å². The van der Waals surface area contributed by atoms with Crippen LogP contribution in [-0.4, -0.2) is 6.29 Å². The van der Waals surface area contributed by atoms with Gasteiger partial charge in [0.1, 0.15) is 6.29 Å². The second kappa shape index (κ2) is 8.25. The number of hydrogen-bond donors (Lipinski definition) is 0. The summed E-state index contributed by atoms with van der Waals surface area (Å²) in [5, 5.41) is 0. The predicted molar refractivity (Wildman–Crippen MR) is 53.0 cm³/mol. The summed E-state index contributed by atoms with van der Waals surface area (Å²) < 4.78 is 0. The molecule has 0 saturated carbocycles. The SMILES string of the molecule is C=CCCC/C=C\C(C)CC=O. The van der Waals surface area contributed by atoms with E-state index >= 15 is 0 Å². The first-order chi connectivity index (χ1) is 5.81. The van der Waals surface area contributed by atoms with Crippen LogP contribution in [-0.2, 0) is 4.79 Å². The second-order valence-corrected chi connectivity index (χ2v) is 3.03. The molecule has 1 heteroatoms. The average Bonchev–Trinajstić information content (AvgIpc) is 2.05. The van der Waals surface area contributed by atoms with Crippen molar-refractivity contribution in [3.8, 4) is 0 Å². The quantitative estimate of drug-likeness (QED) is 0.322. The molecule has 1 nitrogen and oxygen atoms in total.